The first-order valence-corrected chi connectivity index (χ1v) is 19.0. The van der Waals surface area contributed by atoms with Crippen molar-refractivity contribution in [2.75, 3.05) is 4.90 Å². The Bertz CT molecular complexity index is 3370. The summed E-state index contributed by atoms with van der Waals surface area (Å²) in [7, 11) is 0. The highest BCUT2D eigenvalue weighted by molar-refractivity contribution is 6.17. The van der Waals surface area contributed by atoms with Gasteiger partial charge in [-0.3, -0.25) is 0 Å². The quantitative estimate of drug-likeness (QED) is 0.178. The highest BCUT2D eigenvalue weighted by Gasteiger charge is 2.21. The predicted molar refractivity (Wildman–Crippen MR) is 233 cm³/mol. The third-order valence-corrected chi connectivity index (χ3v) is 11.4. The van der Waals surface area contributed by atoms with Crippen molar-refractivity contribution in [3.63, 3.8) is 0 Å². The Morgan fingerprint density at radius 1 is 0.357 bits per heavy atom. The van der Waals surface area contributed by atoms with Crippen LogP contribution in [0.1, 0.15) is 0 Å². The summed E-state index contributed by atoms with van der Waals surface area (Å²) in [5.74, 6) is 0. The van der Waals surface area contributed by atoms with Gasteiger partial charge in [-0.1, -0.05) is 121 Å². The molecule has 0 saturated carbocycles. The molecule has 0 aliphatic rings. The van der Waals surface area contributed by atoms with Crippen LogP contribution in [0, 0.1) is 0 Å². The molecule has 0 saturated heterocycles. The molecular weight excluding hydrogens is 685 g/mol. The second kappa shape index (κ2) is 12.0. The number of benzene rings is 8. The first kappa shape index (κ1) is 30.9. The third-order valence-electron chi connectivity index (χ3n) is 11.4. The molecule has 8 aromatic carbocycles. The number of nitrogens with zero attached hydrogens (tertiary/aromatic N) is 2. The minimum atomic E-state index is 0.851. The number of pyridine rings is 1. The maximum atomic E-state index is 6.39. The van der Waals surface area contributed by atoms with Crippen molar-refractivity contribution < 1.29 is 8.83 Å². The number of hydrogen-bond acceptors (Lipinski definition) is 3. The van der Waals surface area contributed by atoms with E-state index < -0.39 is 0 Å². The molecule has 262 valence electrons. The second-order valence-electron chi connectivity index (χ2n) is 14.5. The fourth-order valence-corrected chi connectivity index (χ4v) is 8.87. The lowest BCUT2D eigenvalue weighted by molar-refractivity contribution is 0.669. The molecule has 56 heavy (non-hydrogen) atoms. The lowest BCUT2D eigenvalue weighted by Gasteiger charge is -2.25. The standard InChI is InChI=1S/C52H32N2O2/c1-2-12-35(13-3-1)50-45-18-10-17-39(51(45)53-30-29-33-11-4-5-14-40(33)52(50)53)34-21-23-36(24-22-34)54(37-25-27-43-41-15-6-8-19-46(41)55-48(43)31-37)38-26-28-44-42-16-7-9-20-47(42)56-49(44)32-38/h1-32H. The van der Waals surface area contributed by atoms with E-state index in [0.29, 0.717) is 0 Å². The highest BCUT2D eigenvalue weighted by Crippen LogP contribution is 2.44. The number of rotatable bonds is 5. The summed E-state index contributed by atoms with van der Waals surface area (Å²) in [4.78, 5) is 2.29. The summed E-state index contributed by atoms with van der Waals surface area (Å²) in [5, 5.41) is 8.13. The van der Waals surface area contributed by atoms with Crippen LogP contribution >= 0.6 is 0 Å². The second-order valence-corrected chi connectivity index (χ2v) is 14.5. The Morgan fingerprint density at radius 3 is 1.59 bits per heavy atom. The van der Waals surface area contributed by atoms with Crippen molar-refractivity contribution in [2.45, 2.75) is 0 Å². The van der Waals surface area contributed by atoms with Crippen molar-refractivity contribution in [1.82, 2.24) is 4.40 Å². The zero-order valence-electron chi connectivity index (χ0n) is 30.2. The zero-order valence-corrected chi connectivity index (χ0v) is 30.2. The van der Waals surface area contributed by atoms with Crippen LogP contribution in [-0.4, -0.2) is 4.40 Å². The van der Waals surface area contributed by atoms with Gasteiger partial charge in [0, 0.05) is 78.8 Å². The van der Waals surface area contributed by atoms with E-state index in [4.69, 9.17) is 8.83 Å². The lowest BCUT2D eigenvalue weighted by atomic mass is 9.97. The maximum absolute atomic E-state index is 6.39. The molecule has 0 amide bonds. The zero-order chi connectivity index (χ0) is 36.7. The largest absolute Gasteiger partial charge is 0.456 e. The van der Waals surface area contributed by atoms with E-state index in [2.05, 4.69) is 179 Å². The van der Waals surface area contributed by atoms with Crippen LogP contribution < -0.4 is 4.90 Å². The van der Waals surface area contributed by atoms with Gasteiger partial charge in [-0.2, -0.15) is 0 Å². The summed E-state index contributed by atoms with van der Waals surface area (Å²) in [5.41, 5.74) is 13.7. The van der Waals surface area contributed by atoms with Crippen LogP contribution in [0.15, 0.2) is 203 Å². The summed E-state index contributed by atoms with van der Waals surface area (Å²) >= 11 is 0. The van der Waals surface area contributed by atoms with Gasteiger partial charge in [-0.25, -0.2) is 0 Å². The van der Waals surface area contributed by atoms with Crippen molar-refractivity contribution in [2.24, 2.45) is 0 Å². The molecule has 0 radical (unpaired) electrons. The third kappa shape index (κ3) is 4.60. The number of para-hydroxylation sites is 3. The molecule has 0 bridgehead atoms. The summed E-state index contributed by atoms with van der Waals surface area (Å²) in [6.45, 7) is 0. The summed E-state index contributed by atoms with van der Waals surface area (Å²) in [6.07, 6.45) is 2.23. The van der Waals surface area contributed by atoms with E-state index in [0.717, 1.165) is 66.5 Å². The molecule has 0 aliphatic carbocycles. The number of anilines is 3. The van der Waals surface area contributed by atoms with Crippen LogP contribution in [0.2, 0.25) is 0 Å². The highest BCUT2D eigenvalue weighted by atomic mass is 16.3. The van der Waals surface area contributed by atoms with Gasteiger partial charge in [0.2, 0.25) is 0 Å². The van der Waals surface area contributed by atoms with E-state index in [1.807, 2.05) is 24.3 Å². The molecule has 0 spiro atoms. The van der Waals surface area contributed by atoms with Gasteiger partial charge < -0.3 is 18.1 Å². The molecule has 4 nitrogen and oxygen atoms in total. The van der Waals surface area contributed by atoms with Crippen LogP contribution in [-0.2, 0) is 0 Å². The van der Waals surface area contributed by atoms with E-state index in [-0.39, 0.29) is 0 Å². The minimum absolute atomic E-state index is 0.851. The van der Waals surface area contributed by atoms with Gasteiger partial charge in [-0.15, -0.1) is 0 Å². The number of fused-ring (bicyclic) bond motifs is 11. The van der Waals surface area contributed by atoms with E-state index in [1.165, 1.54) is 43.9 Å². The van der Waals surface area contributed by atoms with Gasteiger partial charge in [0.1, 0.15) is 22.3 Å². The first-order chi connectivity index (χ1) is 27.8. The minimum Gasteiger partial charge on any atom is -0.456 e. The van der Waals surface area contributed by atoms with E-state index in [1.54, 1.807) is 0 Å². The van der Waals surface area contributed by atoms with Crippen LogP contribution in [0.3, 0.4) is 0 Å². The van der Waals surface area contributed by atoms with Crippen molar-refractivity contribution >= 4 is 88.1 Å². The van der Waals surface area contributed by atoms with Gasteiger partial charge in [-0.05, 0) is 71.1 Å². The maximum Gasteiger partial charge on any atom is 0.137 e. The Kier molecular flexibility index (Phi) is 6.60. The average molecular weight is 717 g/mol. The molecule has 12 rings (SSSR count). The Balaban J connectivity index is 1.04. The van der Waals surface area contributed by atoms with E-state index in [9.17, 15) is 0 Å². The monoisotopic (exact) mass is 716 g/mol. The van der Waals surface area contributed by atoms with Crippen molar-refractivity contribution in [3.05, 3.63) is 194 Å². The molecule has 12 aromatic rings. The van der Waals surface area contributed by atoms with Crippen LogP contribution in [0.5, 0.6) is 0 Å². The normalized spacial score (nSPS) is 11.9. The summed E-state index contributed by atoms with van der Waals surface area (Å²) in [6, 6.07) is 66.8. The fraction of sp³-hybridized carbons (Fsp3) is 0. The topological polar surface area (TPSA) is 33.9 Å². The van der Waals surface area contributed by atoms with Gasteiger partial charge in [0.15, 0.2) is 0 Å². The molecule has 4 heterocycles. The molecule has 0 unspecified atom stereocenters. The van der Waals surface area contributed by atoms with E-state index >= 15 is 0 Å². The number of aromatic nitrogens is 1. The molecule has 4 aromatic heterocycles. The molecule has 0 fully saturated rings. The molecule has 0 atom stereocenters. The summed E-state index contributed by atoms with van der Waals surface area (Å²) < 4.78 is 15.2. The first-order valence-electron chi connectivity index (χ1n) is 19.0. The van der Waals surface area contributed by atoms with Crippen molar-refractivity contribution in [3.8, 4) is 22.3 Å². The number of hydrogen-bond donors (Lipinski definition) is 0. The fourth-order valence-electron chi connectivity index (χ4n) is 8.87. The van der Waals surface area contributed by atoms with Crippen LogP contribution in [0.4, 0.5) is 17.1 Å². The Hall–Kier alpha value is -7.56. The van der Waals surface area contributed by atoms with Crippen LogP contribution in [0.25, 0.3) is 93.3 Å². The number of furan rings is 2. The van der Waals surface area contributed by atoms with Crippen molar-refractivity contribution in [1.29, 1.82) is 0 Å². The molecule has 0 N–H and O–H groups in total. The predicted octanol–water partition coefficient (Wildman–Crippen LogP) is 14.8. The smallest absolute Gasteiger partial charge is 0.137 e. The van der Waals surface area contributed by atoms with Gasteiger partial charge in [0.05, 0.1) is 11.0 Å². The molecule has 0 aliphatic heterocycles. The lowest BCUT2D eigenvalue weighted by Crippen LogP contribution is -2.09. The van der Waals surface area contributed by atoms with Gasteiger partial charge >= 0.3 is 0 Å². The SMILES string of the molecule is c1ccc(-c2c3cccc(-c4ccc(N(c5ccc6c(c5)oc5ccccc56)c5ccc6c(c5)oc5ccccc56)cc4)c3n3ccc4ccccc4c23)cc1. The average Bonchev–Trinajstić information content (AvgIpc) is 3.93. The van der Waals surface area contributed by atoms with Gasteiger partial charge in [0.25, 0.3) is 0 Å². The molecule has 4 heteroatoms. The Morgan fingerprint density at radius 2 is 0.911 bits per heavy atom. The molecular formula is C52H32N2O2. The Labute approximate surface area is 321 Å².